The molecule has 0 saturated carbocycles. The quantitative estimate of drug-likeness (QED) is 0.781. The molecule has 1 aliphatic heterocycles. The minimum Gasteiger partial charge on any atom is -0.353 e. The summed E-state index contributed by atoms with van der Waals surface area (Å²) in [5.41, 5.74) is 0. The molecule has 4 nitrogen and oxygen atoms in total. The van der Waals surface area contributed by atoms with Crippen molar-refractivity contribution in [3.8, 4) is 0 Å². The van der Waals surface area contributed by atoms with Crippen molar-refractivity contribution in [2.75, 3.05) is 37.0 Å². The van der Waals surface area contributed by atoms with Gasteiger partial charge >= 0.3 is 0 Å². The lowest BCUT2D eigenvalue weighted by Crippen LogP contribution is -2.50. The summed E-state index contributed by atoms with van der Waals surface area (Å²) in [5, 5.41) is 0. The van der Waals surface area contributed by atoms with Crippen LogP contribution in [-0.4, -0.2) is 47.9 Å². The molecule has 0 spiro atoms. The molecule has 1 aromatic rings. The zero-order valence-corrected chi connectivity index (χ0v) is 11.3. The third-order valence-corrected chi connectivity index (χ3v) is 3.68. The van der Waals surface area contributed by atoms with E-state index in [0.29, 0.717) is 5.88 Å². The first-order valence-electron chi connectivity index (χ1n) is 6.23. The van der Waals surface area contributed by atoms with E-state index < -0.39 is 0 Å². The van der Waals surface area contributed by atoms with Crippen LogP contribution in [0.1, 0.15) is 6.92 Å². The normalized spacial score (nSPS) is 17.7. The largest absolute Gasteiger partial charge is 0.353 e. The van der Waals surface area contributed by atoms with E-state index in [2.05, 4.69) is 9.88 Å². The lowest BCUT2D eigenvalue weighted by atomic mass is 10.1. The van der Waals surface area contributed by atoms with Crippen molar-refractivity contribution in [1.82, 2.24) is 9.88 Å². The number of carbonyl (C=O) groups is 1. The Morgan fingerprint density at radius 1 is 1.39 bits per heavy atom. The lowest BCUT2D eigenvalue weighted by Gasteiger charge is -2.36. The van der Waals surface area contributed by atoms with Gasteiger partial charge in [0.1, 0.15) is 5.82 Å². The lowest BCUT2D eigenvalue weighted by molar-refractivity contribution is -0.134. The number of amides is 1. The van der Waals surface area contributed by atoms with E-state index in [0.717, 1.165) is 32.0 Å². The molecule has 1 aliphatic rings. The Balaban J connectivity index is 1.90. The zero-order valence-electron chi connectivity index (χ0n) is 10.6. The number of rotatable bonds is 3. The molecular formula is C13H18ClN3O. The third-order valence-electron chi connectivity index (χ3n) is 3.22. The van der Waals surface area contributed by atoms with Gasteiger partial charge in [0.15, 0.2) is 0 Å². The summed E-state index contributed by atoms with van der Waals surface area (Å²) >= 11 is 5.72. The van der Waals surface area contributed by atoms with Crippen LogP contribution >= 0.6 is 11.6 Å². The highest BCUT2D eigenvalue weighted by Gasteiger charge is 2.24. The molecule has 98 valence electrons. The Hall–Kier alpha value is -1.29. The fourth-order valence-corrected chi connectivity index (χ4v) is 2.21. The van der Waals surface area contributed by atoms with Crippen LogP contribution in [0.25, 0.3) is 0 Å². The van der Waals surface area contributed by atoms with E-state index in [-0.39, 0.29) is 11.8 Å². The average Bonchev–Trinajstić information content (AvgIpc) is 2.47. The maximum Gasteiger partial charge on any atom is 0.226 e. The van der Waals surface area contributed by atoms with E-state index in [1.807, 2.05) is 30.0 Å². The maximum absolute atomic E-state index is 12.0. The molecule has 1 atom stereocenters. The van der Waals surface area contributed by atoms with Crippen molar-refractivity contribution >= 4 is 23.3 Å². The summed E-state index contributed by atoms with van der Waals surface area (Å²) in [5.74, 6) is 1.44. The summed E-state index contributed by atoms with van der Waals surface area (Å²) in [7, 11) is 0. The summed E-state index contributed by atoms with van der Waals surface area (Å²) in [6.07, 6.45) is 1.79. The molecule has 5 heteroatoms. The van der Waals surface area contributed by atoms with Crippen LogP contribution in [0.3, 0.4) is 0 Å². The molecule has 0 aromatic carbocycles. The van der Waals surface area contributed by atoms with Crippen LogP contribution in [0.5, 0.6) is 0 Å². The average molecular weight is 268 g/mol. The number of hydrogen-bond donors (Lipinski definition) is 0. The molecule has 1 aromatic heterocycles. The van der Waals surface area contributed by atoms with Gasteiger partial charge in [0.2, 0.25) is 5.91 Å². The van der Waals surface area contributed by atoms with Gasteiger partial charge in [-0.15, -0.1) is 11.6 Å². The summed E-state index contributed by atoms with van der Waals surface area (Å²) in [6.45, 7) is 5.03. The highest BCUT2D eigenvalue weighted by Crippen LogP contribution is 2.14. The second kappa shape index (κ2) is 6.05. The van der Waals surface area contributed by atoms with Crippen LogP contribution in [0.2, 0.25) is 0 Å². The molecule has 1 fully saturated rings. The molecule has 0 aliphatic carbocycles. The SMILES string of the molecule is CC(CCl)C(=O)N1CCN(c2ccccn2)CC1. The standard InChI is InChI=1S/C13H18ClN3O/c1-11(10-14)13(18)17-8-6-16(7-9-17)12-4-2-3-5-15-12/h2-5,11H,6-10H2,1H3. The van der Waals surface area contributed by atoms with Gasteiger partial charge in [0, 0.05) is 44.2 Å². The van der Waals surface area contributed by atoms with E-state index in [4.69, 9.17) is 11.6 Å². The monoisotopic (exact) mass is 267 g/mol. The first-order valence-corrected chi connectivity index (χ1v) is 6.76. The minimum atomic E-state index is -0.0898. The topological polar surface area (TPSA) is 36.4 Å². The molecule has 0 bridgehead atoms. The Morgan fingerprint density at radius 2 is 2.11 bits per heavy atom. The van der Waals surface area contributed by atoms with E-state index in [1.165, 1.54) is 0 Å². The molecule has 1 saturated heterocycles. The van der Waals surface area contributed by atoms with Crippen molar-refractivity contribution in [2.24, 2.45) is 5.92 Å². The van der Waals surface area contributed by atoms with E-state index in [9.17, 15) is 4.79 Å². The van der Waals surface area contributed by atoms with Gasteiger partial charge in [-0.2, -0.15) is 0 Å². The summed E-state index contributed by atoms with van der Waals surface area (Å²) in [4.78, 5) is 20.4. The van der Waals surface area contributed by atoms with Crippen molar-refractivity contribution < 1.29 is 4.79 Å². The molecule has 2 rings (SSSR count). The maximum atomic E-state index is 12.0. The molecule has 2 heterocycles. The molecule has 0 radical (unpaired) electrons. The minimum absolute atomic E-state index is 0.0898. The second-order valence-corrected chi connectivity index (χ2v) is 4.86. The predicted octanol–water partition coefficient (Wildman–Crippen LogP) is 1.61. The first kappa shape index (κ1) is 13.1. The molecule has 0 N–H and O–H groups in total. The van der Waals surface area contributed by atoms with Gasteiger partial charge in [0.25, 0.3) is 0 Å². The second-order valence-electron chi connectivity index (χ2n) is 4.56. The number of hydrogen-bond acceptors (Lipinski definition) is 3. The fourth-order valence-electron chi connectivity index (χ4n) is 2.07. The summed E-state index contributed by atoms with van der Waals surface area (Å²) in [6, 6.07) is 5.89. The van der Waals surface area contributed by atoms with Gasteiger partial charge in [0.05, 0.1) is 0 Å². The molecular weight excluding hydrogens is 250 g/mol. The number of anilines is 1. The highest BCUT2D eigenvalue weighted by molar-refractivity contribution is 6.19. The number of nitrogens with zero attached hydrogens (tertiary/aromatic N) is 3. The number of aromatic nitrogens is 1. The van der Waals surface area contributed by atoms with E-state index >= 15 is 0 Å². The Morgan fingerprint density at radius 3 is 2.67 bits per heavy atom. The third kappa shape index (κ3) is 2.93. The van der Waals surface area contributed by atoms with Gasteiger partial charge in [-0.05, 0) is 12.1 Å². The van der Waals surface area contributed by atoms with Crippen molar-refractivity contribution in [2.45, 2.75) is 6.92 Å². The van der Waals surface area contributed by atoms with Gasteiger partial charge in [-0.3, -0.25) is 4.79 Å². The number of piperazine rings is 1. The van der Waals surface area contributed by atoms with Crippen LogP contribution < -0.4 is 4.90 Å². The van der Waals surface area contributed by atoms with Crippen LogP contribution in [-0.2, 0) is 4.79 Å². The molecule has 1 unspecified atom stereocenters. The van der Waals surface area contributed by atoms with Crippen LogP contribution in [0.4, 0.5) is 5.82 Å². The van der Waals surface area contributed by atoms with Gasteiger partial charge < -0.3 is 9.80 Å². The van der Waals surface area contributed by atoms with E-state index in [1.54, 1.807) is 6.20 Å². The van der Waals surface area contributed by atoms with Crippen molar-refractivity contribution in [3.05, 3.63) is 24.4 Å². The van der Waals surface area contributed by atoms with Crippen LogP contribution in [0.15, 0.2) is 24.4 Å². The number of pyridine rings is 1. The van der Waals surface area contributed by atoms with Crippen molar-refractivity contribution in [1.29, 1.82) is 0 Å². The Labute approximate surface area is 113 Å². The first-order chi connectivity index (χ1) is 8.72. The molecule has 18 heavy (non-hydrogen) atoms. The van der Waals surface area contributed by atoms with Crippen LogP contribution in [0, 0.1) is 5.92 Å². The molecule has 1 amide bonds. The summed E-state index contributed by atoms with van der Waals surface area (Å²) < 4.78 is 0. The predicted molar refractivity (Wildman–Crippen MR) is 72.9 cm³/mol. The Kier molecular flexibility index (Phi) is 4.42. The van der Waals surface area contributed by atoms with Crippen molar-refractivity contribution in [3.63, 3.8) is 0 Å². The number of alkyl halides is 1. The highest BCUT2D eigenvalue weighted by atomic mass is 35.5. The zero-order chi connectivity index (χ0) is 13.0. The number of halogens is 1. The smallest absolute Gasteiger partial charge is 0.226 e. The number of carbonyl (C=O) groups excluding carboxylic acids is 1. The Bertz CT molecular complexity index is 390. The fraction of sp³-hybridized carbons (Fsp3) is 0.538. The van der Waals surface area contributed by atoms with Gasteiger partial charge in [-0.1, -0.05) is 13.0 Å². The van der Waals surface area contributed by atoms with Gasteiger partial charge in [-0.25, -0.2) is 4.98 Å².